The average Bonchev–Trinajstić information content (AvgIpc) is 2.57. The van der Waals surface area contributed by atoms with Gasteiger partial charge in [0.05, 0.1) is 19.3 Å². The van der Waals surface area contributed by atoms with E-state index in [9.17, 15) is 14.3 Å². The fourth-order valence-electron chi connectivity index (χ4n) is 3.16. The standard InChI is InChI=1S/C18H27FN2O3/c1-12(13-8-9-15(19)17(10-13)24-3)20-18(23)21(2)11-14-6-4-5-7-16(14)22/h8-10,12,14,16,22H,4-7,11H2,1-3H3,(H,20,23). The van der Waals surface area contributed by atoms with Crippen LogP contribution in [0.2, 0.25) is 0 Å². The van der Waals surface area contributed by atoms with Gasteiger partial charge in [-0.1, -0.05) is 18.9 Å². The summed E-state index contributed by atoms with van der Waals surface area (Å²) < 4.78 is 18.5. The van der Waals surface area contributed by atoms with Crippen LogP contribution in [0.5, 0.6) is 5.75 Å². The van der Waals surface area contributed by atoms with Gasteiger partial charge in [0.25, 0.3) is 0 Å². The van der Waals surface area contributed by atoms with E-state index < -0.39 is 5.82 Å². The number of hydrogen-bond acceptors (Lipinski definition) is 3. The lowest BCUT2D eigenvalue weighted by Crippen LogP contribution is -2.43. The van der Waals surface area contributed by atoms with E-state index in [-0.39, 0.29) is 29.8 Å². The highest BCUT2D eigenvalue weighted by molar-refractivity contribution is 5.74. The first-order valence-corrected chi connectivity index (χ1v) is 8.45. The molecule has 1 aromatic carbocycles. The zero-order valence-corrected chi connectivity index (χ0v) is 14.6. The molecule has 1 saturated carbocycles. The van der Waals surface area contributed by atoms with Gasteiger partial charge in [-0.2, -0.15) is 0 Å². The Balaban J connectivity index is 1.92. The van der Waals surface area contributed by atoms with Gasteiger partial charge in [0.15, 0.2) is 11.6 Å². The van der Waals surface area contributed by atoms with Gasteiger partial charge in [-0.3, -0.25) is 0 Å². The Bertz CT molecular complexity index is 567. The van der Waals surface area contributed by atoms with Crippen LogP contribution in [-0.4, -0.2) is 42.8 Å². The second kappa shape index (κ2) is 8.33. The van der Waals surface area contributed by atoms with Gasteiger partial charge >= 0.3 is 6.03 Å². The molecule has 0 heterocycles. The Kier molecular flexibility index (Phi) is 6.43. The lowest BCUT2D eigenvalue weighted by atomic mass is 9.86. The minimum absolute atomic E-state index is 0.135. The van der Waals surface area contributed by atoms with Gasteiger partial charge in [0.1, 0.15) is 0 Å². The largest absolute Gasteiger partial charge is 0.494 e. The fourth-order valence-corrected chi connectivity index (χ4v) is 3.16. The molecule has 1 aliphatic rings. The number of methoxy groups -OCH3 is 1. The van der Waals surface area contributed by atoms with E-state index in [4.69, 9.17) is 4.74 Å². The van der Waals surface area contributed by atoms with Crippen molar-refractivity contribution in [3.05, 3.63) is 29.6 Å². The predicted molar refractivity (Wildman–Crippen MR) is 90.5 cm³/mol. The zero-order valence-electron chi connectivity index (χ0n) is 14.6. The number of halogens is 1. The molecule has 2 rings (SSSR count). The highest BCUT2D eigenvalue weighted by Gasteiger charge is 2.26. The Morgan fingerprint density at radius 3 is 2.83 bits per heavy atom. The number of aliphatic hydroxyl groups excluding tert-OH is 1. The van der Waals surface area contributed by atoms with Crippen LogP contribution < -0.4 is 10.1 Å². The van der Waals surface area contributed by atoms with E-state index in [0.717, 1.165) is 31.2 Å². The third-order valence-corrected chi connectivity index (χ3v) is 4.74. The summed E-state index contributed by atoms with van der Waals surface area (Å²) in [6, 6.07) is 4.08. The van der Waals surface area contributed by atoms with Crippen LogP contribution in [0.25, 0.3) is 0 Å². The Labute approximate surface area is 142 Å². The van der Waals surface area contributed by atoms with Crippen molar-refractivity contribution in [3.8, 4) is 5.75 Å². The van der Waals surface area contributed by atoms with Crippen molar-refractivity contribution in [1.29, 1.82) is 0 Å². The van der Waals surface area contributed by atoms with Gasteiger partial charge in [-0.15, -0.1) is 0 Å². The first kappa shape index (κ1) is 18.5. The molecule has 1 aromatic rings. The zero-order chi connectivity index (χ0) is 17.7. The predicted octanol–water partition coefficient (Wildman–Crippen LogP) is 3.09. The molecule has 0 aromatic heterocycles. The van der Waals surface area contributed by atoms with Crippen LogP contribution in [0.1, 0.15) is 44.2 Å². The monoisotopic (exact) mass is 338 g/mol. The number of hydrogen-bond donors (Lipinski definition) is 2. The van der Waals surface area contributed by atoms with Crippen molar-refractivity contribution in [2.75, 3.05) is 20.7 Å². The summed E-state index contributed by atoms with van der Waals surface area (Å²) in [5.74, 6) is -0.133. The Morgan fingerprint density at radius 2 is 2.17 bits per heavy atom. The number of carbonyl (C=O) groups excluding carboxylic acids is 1. The van der Waals surface area contributed by atoms with Crippen molar-refractivity contribution in [3.63, 3.8) is 0 Å². The number of nitrogens with one attached hydrogen (secondary N) is 1. The molecule has 0 bridgehead atoms. The SMILES string of the molecule is COc1cc(C(C)NC(=O)N(C)CC2CCCCC2O)ccc1F. The quantitative estimate of drug-likeness (QED) is 0.867. The molecule has 24 heavy (non-hydrogen) atoms. The topological polar surface area (TPSA) is 61.8 Å². The summed E-state index contributed by atoms with van der Waals surface area (Å²) in [5.41, 5.74) is 0.771. The summed E-state index contributed by atoms with van der Waals surface area (Å²) in [6.45, 7) is 2.38. The molecule has 6 heteroatoms. The molecule has 0 spiro atoms. The summed E-state index contributed by atoms with van der Waals surface area (Å²) in [6.07, 6.45) is 3.59. The van der Waals surface area contributed by atoms with Crippen LogP contribution in [0.15, 0.2) is 18.2 Å². The van der Waals surface area contributed by atoms with Gasteiger partial charge in [-0.05, 0) is 37.5 Å². The molecule has 3 atom stereocenters. The summed E-state index contributed by atoms with van der Waals surface area (Å²) in [5, 5.41) is 12.9. The molecule has 2 amide bonds. The number of rotatable bonds is 5. The van der Waals surface area contributed by atoms with Crippen molar-refractivity contribution in [2.24, 2.45) is 5.92 Å². The Hall–Kier alpha value is -1.82. The van der Waals surface area contributed by atoms with E-state index in [1.165, 1.54) is 13.2 Å². The lowest BCUT2D eigenvalue weighted by Gasteiger charge is -2.31. The molecule has 1 aliphatic carbocycles. The van der Waals surface area contributed by atoms with E-state index >= 15 is 0 Å². The average molecular weight is 338 g/mol. The molecule has 134 valence electrons. The maximum atomic E-state index is 13.5. The van der Waals surface area contributed by atoms with Gasteiger partial charge in [0, 0.05) is 19.5 Å². The highest BCUT2D eigenvalue weighted by atomic mass is 19.1. The van der Waals surface area contributed by atoms with Gasteiger partial charge in [0.2, 0.25) is 0 Å². The van der Waals surface area contributed by atoms with Crippen molar-refractivity contribution in [1.82, 2.24) is 10.2 Å². The second-order valence-electron chi connectivity index (χ2n) is 6.56. The number of nitrogens with zero attached hydrogens (tertiary/aromatic N) is 1. The van der Waals surface area contributed by atoms with Crippen molar-refractivity contribution in [2.45, 2.75) is 44.8 Å². The van der Waals surface area contributed by atoms with Gasteiger partial charge in [-0.25, -0.2) is 9.18 Å². The lowest BCUT2D eigenvalue weighted by molar-refractivity contribution is 0.0563. The summed E-state index contributed by atoms with van der Waals surface area (Å²) in [7, 11) is 3.14. The third kappa shape index (κ3) is 4.60. The van der Waals surface area contributed by atoms with Crippen LogP contribution in [0.3, 0.4) is 0 Å². The molecular weight excluding hydrogens is 311 g/mol. The minimum Gasteiger partial charge on any atom is -0.494 e. The summed E-state index contributed by atoms with van der Waals surface area (Å²) >= 11 is 0. The van der Waals surface area contributed by atoms with E-state index in [1.54, 1.807) is 24.1 Å². The number of aliphatic hydroxyl groups is 1. The molecule has 0 saturated heterocycles. The van der Waals surface area contributed by atoms with Gasteiger partial charge < -0.3 is 20.1 Å². The molecule has 3 unspecified atom stereocenters. The molecule has 0 aliphatic heterocycles. The number of ether oxygens (including phenoxy) is 1. The maximum Gasteiger partial charge on any atom is 0.317 e. The van der Waals surface area contributed by atoms with E-state index in [2.05, 4.69) is 5.32 Å². The van der Waals surface area contributed by atoms with Crippen LogP contribution in [0, 0.1) is 11.7 Å². The number of amides is 2. The van der Waals surface area contributed by atoms with E-state index in [0.29, 0.717) is 6.54 Å². The molecular formula is C18H27FN2O3. The smallest absolute Gasteiger partial charge is 0.317 e. The molecule has 0 radical (unpaired) electrons. The van der Waals surface area contributed by atoms with E-state index in [1.807, 2.05) is 6.92 Å². The normalized spacial score (nSPS) is 21.9. The molecule has 1 fully saturated rings. The summed E-state index contributed by atoms with van der Waals surface area (Å²) in [4.78, 5) is 14.0. The maximum absolute atomic E-state index is 13.5. The number of carbonyl (C=O) groups is 1. The van der Waals surface area contributed by atoms with Crippen LogP contribution in [0.4, 0.5) is 9.18 Å². The highest BCUT2D eigenvalue weighted by Crippen LogP contribution is 2.25. The second-order valence-corrected chi connectivity index (χ2v) is 6.56. The molecule has 2 N–H and O–H groups in total. The first-order chi connectivity index (χ1) is 11.4. The molecule has 5 nitrogen and oxygen atoms in total. The first-order valence-electron chi connectivity index (χ1n) is 8.45. The Morgan fingerprint density at radius 1 is 1.46 bits per heavy atom. The number of urea groups is 1. The minimum atomic E-state index is -0.428. The van der Waals surface area contributed by atoms with Crippen LogP contribution >= 0.6 is 0 Å². The number of benzene rings is 1. The van der Waals surface area contributed by atoms with Crippen molar-refractivity contribution >= 4 is 6.03 Å². The third-order valence-electron chi connectivity index (χ3n) is 4.74. The van der Waals surface area contributed by atoms with Crippen molar-refractivity contribution < 1.29 is 19.0 Å². The fraction of sp³-hybridized carbons (Fsp3) is 0.611. The van der Waals surface area contributed by atoms with Crippen LogP contribution in [-0.2, 0) is 0 Å².